The number of benzene rings is 1. The first-order valence-corrected chi connectivity index (χ1v) is 8.03. The zero-order valence-electron chi connectivity index (χ0n) is 12.0. The lowest BCUT2D eigenvalue weighted by Gasteiger charge is -2.08. The van der Waals surface area contributed by atoms with Gasteiger partial charge in [0.1, 0.15) is 12.4 Å². The quantitative estimate of drug-likeness (QED) is 0.588. The van der Waals surface area contributed by atoms with E-state index in [1.165, 1.54) is 10.4 Å². The molecule has 0 fully saturated rings. The Balaban J connectivity index is 1.64. The molecule has 0 saturated carbocycles. The van der Waals surface area contributed by atoms with Crippen LogP contribution in [-0.2, 0) is 13.2 Å². The van der Waals surface area contributed by atoms with Crippen molar-refractivity contribution in [2.75, 3.05) is 26.2 Å². The maximum Gasteiger partial charge on any atom is 0.122 e. The summed E-state index contributed by atoms with van der Waals surface area (Å²) in [5.74, 6) is 0.900. The highest BCUT2D eigenvalue weighted by Gasteiger charge is 1.98. The summed E-state index contributed by atoms with van der Waals surface area (Å²) in [6.45, 7) is 4.06. The van der Waals surface area contributed by atoms with E-state index >= 15 is 0 Å². The van der Waals surface area contributed by atoms with E-state index in [0.29, 0.717) is 13.2 Å². The molecule has 0 aliphatic heterocycles. The Bertz CT molecular complexity index is 485. The highest BCUT2D eigenvalue weighted by atomic mass is 32.1. The van der Waals surface area contributed by atoms with Crippen LogP contribution in [0.4, 0.5) is 0 Å². The molecular formula is C16H22N2O2S. The predicted octanol–water partition coefficient (Wildman–Crippen LogP) is 2.00. The molecule has 3 N–H and O–H groups in total. The number of thiophene rings is 1. The van der Waals surface area contributed by atoms with Crippen LogP contribution in [0, 0.1) is 0 Å². The molecule has 21 heavy (non-hydrogen) atoms. The number of ether oxygens (including phenoxy) is 1. The van der Waals surface area contributed by atoms with Crippen molar-refractivity contribution >= 4 is 11.3 Å². The van der Waals surface area contributed by atoms with Crippen molar-refractivity contribution in [2.24, 2.45) is 0 Å². The molecule has 2 rings (SSSR count). The highest BCUT2D eigenvalue weighted by Crippen LogP contribution is 2.16. The molecule has 114 valence electrons. The van der Waals surface area contributed by atoms with Crippen molar-refractivity contribution in [3.05, 3.63) is 52.2 Å². The fourth-order valence-corrected chi connectivity index (χ4v) is 2.48. The first kappa shape index (κ1) is 16.0. The molecule has 0 unspecified atom stereocenters. The van der Waals surface area contributed by atoms with Crippen LogP contribution in [0.5, 0.6) is 5.75 Å². The first-order chi connectivity index (χ1) is 10.4. The van der Waals surface area contributed by atoms with E-state index in [2.05, 4.69) is 34.2 Å². The predicted molar refractivity (Wildman–Crippen MR) is 86.8 cm³/mol. The van der Waals surface area contributed by atoms with Crippen LogP contribution in [0.1, 0.15) is 10.4 Å². The SMILES string of the molecule is OCCNCCNCc1ccc(OCc2cccs2)cc1. The lowest BCUT2D eigenvalue weighted by atomic mass is 10.2. The Morgan fingerprint density at radius 3 is 2.52 bits per heavy atom. The van der Waals surface area contributed by atoms with E-state index in [1.54, 1.807) is 11.3 Å². The molecule has 0 amide bonds. The summed E-state index contributed by atoms with van der Waals surface area (Å²) in [5.41, 5.74) is 1.24. The van der Waals surface area contributed by atoms with Crippen molar-refractivity contribution < 1.29 is 9.84 Å². The number of aliphatic hydroxyl groups is 1. The molecule has 0 spiro atoms. The van der Waals surface area contributed by atoms with Gasteiger partial charge in [0, 0.05) is 31.1 Å². The number of nitrogens with one attached hydrogen (secondary N) is 2. The Morgan fingerprint density at radius 1 is 1.00 bits per heavy atom. The van der Waals surface area contributed by atoms with Crippen molar-refractivity contribution in [3.63, 3.8) is 0 Å². The molecule has 0 atom stereocenters. The topological polar surface area (TPSA) is 53.5 Å². The van der Waals surface area contributed by atoms with Crippen LogP contribution >= 0.6 is 11.3 Å². The standard InChI is InChI=1S/C16H22N2O2S/c19-10-9-17-7-8-18-12-14-3-5-15(6-4-14)20-13-16-2-1-11-21-16/h1-6,11,17-19H,7-10,12-13H2. The van der Waals surface area contributed by atoms with Gasteiger partial charge in [-0.05, 0) is 29.1 Å². The van der Waals surface area contributed by atoms with E-state index in [0.717, 1.165) is 25.4 Å². The molecule has 0 bridgehead atoms. The maximum absolute atomic E-state index is 8.64. The van der Waals surface area contributed by atoms with Gasteiger partial charge in [0.25, 0.3) is 0 Å². The van der Waals surface area contributed by atoms with Crippen molar-refractivity contribution in [1.82, 2.24) is 10.6 Å². The molecule has 2 aromatic rings. The third-order valence-electron chi connectivity index (χ3n) is 2.98. The van der Waals surface area contributed by atoms with Gasteiger partial charge in [0.2, 0.25) is 0 Å². The molecular weight excluding hydrogens is 284 g/mol. The van der Waals surface area contributed by atoms with Gasteiger partial charge in [-0.1, -0.05) is 18.2 Å². The zero-order valence-corrected chi connectivity index (χ0v) is 12.9. The minimum atomic E-state index is 0.187. The van der Waals surface area contributed by atoms with Crippen LogP contribution in [0.25, 0.3) is 0 Å². The normalized spacial score (nSPS) is 10.7. The minimum absolute atomic E-state index is 0.187. The molecule has 5 heteroatoms. The fraction of sp³-hybridized carbons (Fsp3) is 0.375. The molecule has 0 radical (unpaired) electrons. The van der Waals surface area contributed by atoms with Gasteiger partial charge in [-0.2, -0.15) is 0 Å². The van der Waals surface area contributed by atoms with Gasteiger partial charge >= 0.3 is 0 Å². The second-order valence-corrected chi connectivity index (χ2v) is 5.69. The van der Waals surface area contributed by atoms with E-state index in [4.69, 9.17) is 9.84 Å². The lowest BCUT2D eigenvalue weighted by molar-refractivity contribution is 0.292. The van der Waals surface area contributed by atoms with Crippen molar-refractivity contribution in [2.45, 2.75) is 13.2 Å². The lowest BCUT2D eigenvalue weighted by Crippen LogP contribution is -2.28. The zero-order chi connectivity index (χ0) is 14.8. The van der Waals surface area contributed by atoms with Gasteiger partial charge in [-0.15, -0.1) is 11.3 Å². The first-order valence-electron chi connectivity index (χ1n) is 7.15. The number of rotatable bonds is 10. The summed E-state index contributed by atoms with van der Waals surface area (Å²) < 4.78 is 5.73. The number of hydrogen-bond donors (Lipinski definition) is 3. The maximum atomic E-state index is 8.64. The summed E-state index contributed by atoms with van der Waals surface area (Å²) in [6, 6.07) is 12.3. The molecule has 0 aliphatic carbocycles. The largest absolute Gasteiger partial charge is 0.488 e. The summed E-state index contributed by atoms with van der Waals surface area (Å²) in [7, 11) is 0. The summed E-state index contributed by atoms with van der Waals surface area (Å²) in [4.78, 5) is 1.23. The molecule has 0 saturated heterocycles. The second kappa shape index (κ2) is 9.52. The minimum Gasteiger partial charge on any atom is -0.488 e. The third kappa shape index (κ3) is 6.27. The van der Waals surface area contributed by atoms with Gasteiger partial charge in [-0.3, -0.25) is 0 Å². The van der Waals surface area contributed by atoms with E-state index in [-0.39, 0.29) is 6.61 Å². The summed E-state index contributed by atoms with van der Waals surface area (Å²) >= 11 is 1.71. The monoisotopic (exact) mass is 306 g/mol. The number of hydrogen-bond acceptors (Lipinski definition) is 5. The van der Waals surface area contributed by atoms with Crippen LogP contribution in [0.15, 0.2) is 41.8 Å². The average Bonchev–Trinajstić information content (AvgIpc) is 3.03. The Labute approximate surface area is 129 Å². The van der Waals surface area contributed by atoms with Crippen LogP contribution in [0.3, 0.4) is 0 Å². The molecule has 4 nitrogen and oxygen atoms in total. The van der Waals surface area contributed by atoms with Crippen molar-refractivity contribution in [3.8, 4) is 5.75 Å². The van der Waals surface area contributed by atoms with E-state index in [1.807, 2.05) is 18.2 Å². The highest BCUT2D eigenvalue weighted by molar-refractivity contribution is 7.09. The smallest absolute Gasteiger partial charge is 0.122 e. The molecule has 1 heterocycles. The summed E-state index contributed by atoms with van der Waals surface area (Å²) in [6.07, 6.45) is 0. The van der Waals surface area contributed by atoms with Gasteiger partial charge < -0.3 is 20.5 Å². The van der Waals surface area contributed by atoms with Gasteiger partial charge in [0.05, 0.1) is 6.61 Å². The average molecular weight is 306 g/mol. The molecule has 1 aromatic heterocycles. The second-order valence-electron chi connectivity index (χ2n) is 4.66. The molecule has 0 aliphatic rings. The van der Waals surface area contributed by atoms with E-state index < -0.39 is 0 Å². The Hall–Kier alpha value is -1.40. The number of aliphatic hydroxyl groups excluding tert-OH is 1. The Morgan fingerprint density at radius 2 is 1.81 bits per heavy atom. The molecule has 1 aromatic carbocycles. The van der Waals surface area contributed by atoms with E-state index in [9.17, 15) is 0 Å². The fourth-order valence-electron chi connectivity index (χ4n) is 1.87. The van der Waals surface area contributed by atoms with Gasteiger partial charge in [0.15, 0.2) is 0 Å². The summed E-state index contributed by atoms with van der Waals surface area (Å²) in [5, 5.41) is 17.2. The Kier molecular flexibility index (Phi) is 7.24. The van der Waals surface area contributed by atoms with Crippen molar-refractivity contribution in [1.29, 1.82) is 0 Å². The van der Waals surface area contributed by atoms with Crippen LogP contribution < -0.4 is 15.4 Å². The van der Waals surface area contributed by atoms with Crippen LogP contribution in [0.2, 0.25) is 0 Å². The third-order valence-corrected chi connectivity index (χ3v) is 3.83. The van der Waals surface area contributed by atoms with Crippen LogP contribution in [-0.4, -0.2) is 31.3 Å². The van der Waals surface area contributed by atoms with Gasteiger partial charge in [-0.25, -0.2) is 0 Å².